The maximum absolute atomic E-state index is 11.8. The first-order chi connectivity index (χ1) is 7.32. The molecule has 0 heterocycles. The molecule has 0 aliphatic rings. The molecular weight excluding hydrogens is 204 g/mol. The summed E-state index contributed by atoms with van der Waals surface area (Å²) in [7, 11) is 4.00. The van der Waals surface area contributed by atoms with E-state index in [0.717, 1.165) is 19.6 Å². The average molecular weight is 230 g/mol. The Morgan fingerprint density at radius 3 is 2.06 bits per heavy atom. The molecule has 4 nitrogen and oxygen atoms in total. The van der Waals surface area contributed by atoms with Crippen LogP contribution in [-0.4, -0.2) is 55.7 Å². The number of hydrogen-bond donors (Lipinski definition) is 0. The van der Waals surface area contributed by atoms with Crippen LogP contribution in [0.2, 0.25) is 0 Å². The van der Waals surface area contributed by atoms with Crippen LogP contribution in [-0.2, 0) is 4.74 Å². The Hall–Kier alpha value is -0.770. The van der Waals surface area contributed by atoms with Crippen molar-refractivity contribution in [3.05, 3.63) is 0 Å². The van der Waals surface area contributed by atoms with Crippen LogP contribution < -0.4 is 0 Å². The number of amides is 1. The molecule has 96 valence electrons. The highest BCUT2D eigenvalue weighted by Crippen LogP contribution is 2.03. The first-order valence-electron chi connectivity index (χ1n) is 5.93. The van der Waals surface area contributed by atoms with Gasteiger partial charge in [-0.15, -0.1) is 0 Å². The fourth-order valence-electron chi connectivity index (χ4n) is 1.29. The van der Waals surface area contributed by atoms with E-state index in [1.165, 1.54) is 0 Å². The standard InChI is InChI=1S/C12H26N2O2/c1-10(2)9-14(8-7-13(5)6)12(15)16-11(3)4/h10-11H,7-9H2,1-6H3. The van der Waals surface area contributed by atoms with Crippen LogP contribution in [0.25, 0.3) is 0 Å². The second-order valence-electron chi connectivity index (χ2n) is 5.08. The number of hydrogen-bond acceptors (Lipinski definition) is 3. The van der Waals surface area contributed by atoms with Gasteiger partial charge in [-0.1, -0.05) is 13.8 Å². The summed E-state index contributed by atoms with van der Waals surface area (Å²) in [5.74, 6) is 0.460. The smallest absolute Gasteiger partial charge is 0.410 e. The Morgan fingerprint density at radius 2 is 1.69 bits per heavy atom. The van der Waals surface area contributed by atoms with E-state index in [1.807, 2.05) is 27.9 Å². The van der Waals surface area contributed by atoms with Gasteiger partial charge in [0.15, 0.2) is 0 Å². The SMILES string of the molecule is CC(C)CN(CCN(C)C)C(=O)OC(C)C. The summed E-state index contributed by atoms with van der Waals surface area (Å²) in [6.45, 7) is 10.3. The first kappa shape index (κ1) is 15.2. The van der Waals surface area contributed by atoms with E-state index < -0.39 is 0 Å². The van der Waals surface area contributed by atoms with Crippen molar-refractivity contribution in [1.29, 1.82) is 0 Å². The van der Waals surface area contributed by atoms with Crippen LogP contribution in [0.4, 0.5) is 4.79 Å². The molecule has 0 saturated heterocycles. The molecule has 0 N–H and O–H groups in total. The highest BCUT2D eigenvalue weighted by Gasteiger charge is 2.17. The molecule has 0 radical (unpaired) electrons. The van der Waals surface area contributed by atoms with Crippen LogP contribution >= 0.6 is 0 Å². The lowest BCUT2D eigenvalue weighted by molar-refractivity contribution is 0.0712. The van der Waals surface area contributed by atoms with Gasteiger partial charge in [-0.25, -0.2) is 4.79 Å². The summed E-state index contributed by atoms with van der Waals surface area (Å²) in [6.07, 6.45) is -0.257. The van der Waals surface area contributed by atoms with Gasteiger partial charge in [-0.3, -0.25) is 0 Å². The summed E-state index contributed by atoms with van der Waals surface area (Å²) < 4.78 is 5.21. The number of nitrogens with zero attached hydrogens (tertiary/aromatic N) is 2. The average Bonchev–Trinajstić information content (AvgIpc) is 2.09. The van der Waals surface area contributed by atoms with Crippen molar-refractivity contribution in [3.8, 4) is 0 Å². The lowest BCUT2D eigenvalue weighted by Gasteiger charge is -2.26. The van der Waals surface area contributed by atoms with Gasteiger partial charge in [0, 0.05) is 19.6 Å². The fourth-order valence-corrected chi connectivity index (χ4v) is 1.29. The van der Waals surface area contributed by atoms with Crippen molar-refractivity contribution in [2.24, 2.45) is 5.92 Å². The number of rotatable bonds is 6. The normalized spacial score (nSPS) is 11.3. The minimum atomic E-state index is -0.203. The molecule has 0 spiro atoms. The molecule has 0 aromatic carbocycles. The van der Waals surface area contributed by atoms with E-state index in [1.54, 1.807) is 4.90 Å². The quantitative estimate of drug-likeness (QED) is 0.700. The second kappa shape index (κ2) is 7.49. The summed E-state index contributed by atoms with van der Waals surface area (Å²) in [4.78, 5) is 15.6. The molecule has 0 aliphatic heterocycles. The molecule has 0 aliphatic carbocycles. The Bertz CT molecular complexity index is 203. The Kier molecular flexibility index (Phi) is 7.13. The maximum atomic E-state index is 11.8. The van der Waals surface area contributed by atoms with Crippen molar-refractivity contribution in [2.45, 2.75) is 33.8 Å². The predicted molar refractivity (Wildman–Crippen MR) is 66.6 cm³/mol. The molecule has 0 aromatic rings. The molecule has 16 heavy (non-hydrogen) atoms. The Morgan fingerprint density at radius 1 is 1.12 bits per heavy atom. The van der Waals surface area contributed by atoms with E-state index in [-0.39, 0.29) is 12.2 Å². The van der Waals surface area contributed by atoms with Crippen LogP contribution in [0.3, 0.4) is 0 Å². The van der Waals surface area contributed by atoms with E-state index in [2.05, 4.69) is 18.7 Å². The Labute approximate surface area is 99.5 Å². The molecule has 0 saturated carbocycles. The van der Waals surface area contributed by atoms with Crippen molar-refractivity contribution >= 4 is 6.09 Å². The van der Waals surface area contributed by atoms with Crippen molar-refractivity contribution in [3.63, 3.8) is 0 Å². The largest absolute Gasteiger partial charge is 0.447 e. The third-order valence-electron chi connectivity index (χ3n) is 2.00. The number of likely N-dealkylation sites (N-methyl/N-ethyl adjacent to an activating group) is 1. The van der Waals surface area contributed by atoms with Crippen molar-refractivity contribution < 1.29 is 9.53 Å². The molecule has 4 heteroatoms. The second-order valence-corrected chi connectivity index (χ2v) is 5.08. The van der Waals surface area contributed by atoms with E-state index in [4.69, 9.17) is 4.74 Å². The monoisotopic (exact) mass is 230 g/mol. The highest BCUT2D eigenvalue weighted by atomic mass is 16.6. The number of carbonyl (C=O) groups is 1. The predicted octanol–water partition coefficient (Wildman–Crippen LogP) is 2.05. The van der Waals surface area contributed by atoms with Gasteiger partial charge in [-0.2, -0.15) is 0 Å². The van der Waals surface area contributed by atoms with Crippen molar-refractivity contribution in [1.82, 2.24) is 9.80 Å². The van der Waals surface area contributed by atoms with Gasteiger partial charge < -0.3 is 14.5 Å². The van der Waals surface area contributed by atoms with Gasteiger partial charge >= 0.3 is 6.09 Å². The lowest BCUT2D eigenvalue weighted by atomic mass is 10.2. The van der Waals surface area contributed by atoms with E-state index >= 15 is 0 Å². The van der Waals surface area contributed by atoms with Crippen LogP contribution in [0.15, 0.2) is 0 Å². The molecule has 0 atom stereocenters. The lowest BCUT2D eigenvalue weighted by Crippen LogP contribution is -2.40. The van der Waals surface area contributed by atoms with Gasteiger partial charge in [0.25, 0.3) is 0 Å². The zero-order valence-corrected chi connectivity index (χ0v) is 11.5. The minimum Gasteiger partial charge on any atom is -0.447 e. The van der Waals surface area contributed by atoms with Gasteiger partial charge in [0.1, 0.15) is 0 Å². The topological polar surface area (TPSA) is 32.8 Å². The third kappa shape index (κ3) is 7.51. The summed E-state index contributed by atoms with van der Waals surface area (Å²) >= 11 is 0. The summed E-state index contributed by atoms with van der Waals surface area (Å²) in [5, 5.41) is 0. The van der Waals surface area contributed by atoms with Gasteiger partial charge in [0.2, 0.25) is 0 Å². The molecule has 0 unspecified atom stereocenters. The van der Waals surface area contributed by atoms with Crippen molar-refractivity contribution in [2.75, 3.05) is 33.7 Å². The molecule has 0 aromatic heterocycles. The molecule has 1 amide bonds. The Balaban J connectivity index is 4.23. The molecular formula is C12H26N2O2. The third-order valence-corrected chi connectivity index (χ3v) is 2.00. The highest BCUT2D eigenvalue weighted by molar-refractivity contribution is 5.67. The van der Waals surface area contributed by atoms with E-state index in [9.17, 15) is 4.79 Å². The van der Waals surface area contributed by atoms with Crippen LogP contribution in [0, 0.1) is 5.92 Å². The first-order valence-corrected chi connectivity index (χ1v) is 5.93. The van der Waals surface area contributed by atoms with Gasteiger partial charge in [0.05, 0.1) is 6.10 Å². The van der Waals surface area contributed by atoms with Crippen LogP contribution in [0.1, 0.15) is 27.7 Å². The molecule has 0 rings (SSSR count). The number of carbonyl (C=O) groups excluding carboxylic acids is 1. The maximum Gasteiger partial charge on any atom is 0.410 e. The minimum absolute atomic E-state index is 0.0541. The summed E-state index contributed by atoms with van der Waals surface area (Å²) in [6, 6.07) is 0. The summed E-state index contributed by atoms with van der Waals surface area (Å²) in [5.41, 5.74) is 0. The van der Waals surface area contributed by atoms with E-state index in [0.29, 0.717) is 5.92 Å². The zero-order valence-electron chi connectivity index (χ0n) is 11.5. The zero-order chi connectivity index (χ0) is 12.7. The van der Waals surface area contributed by atoms with Gasteiger partial charge in [-0.05, 0) is 33.9 Å². The number of ether oxygens (including phenoxy) is 1. The molecule has 0 fully saturated rings. The van der Waals surface area contributed by atoms with Crippen LogP contribution in [0.5, 0.6) is 0 Å². The molecule has 0 bridgehead atoms. The fraction of sp³-hybridized carbons (Fsp3) is 0.917.